The monoisotopic (exact) mass is 364 g/mol. The number of anilines is 1. The fourth-order valence-electron chi connectivity index (χ4n) is 4.47. The van der Waals surface area contributed by atoms with Gasteiger partial charge in [-0.05, 0) is 62.4 Å². The number of hydrogen-bond donors (Lipinski definition) is 0. The predicted octanol–water partition coefficient (Wildman–Crippen LogP) is 4.54. The minimum Gasteiger partial charge on any atom is -0.444 e. The van der Waals surface area contributed by atoms with E-state index >= 15 is 0 Å². The number of rotatable bonds is 4. The lowest BCUT2D eigenvalue weighted by atomic mass is 9.86. The normalized spacial score (nSPS) is 23.9. The maximum Gasteiger partial charge on any atom is 0.414 e. The first-order chi connectivity index (χ1) is 13.1. The number of amides is 1. The molecule has 4 heteroatoms. The van der Waals surface area contributed by atoms with E-state index in [1.807, 2.05) is 29.2 Å². The van der Waals surface area contributed by atoms with Gasteiger partial charge in [-0.3, -0.25) is 9.80 Å². The summed E-state index contributed by atoms with van der Waals surface area (Å²) in [6.07, 6.45) is 2.07. The highest BCUT2D eigenvalue weighted by Gasteiger charge is 2.37. The van der Waals surface area contributed by atoms with E-state index in [0.29, 0.717) is 12.5 Å². The van der Waals surface area contributed by atoms with Gasteiger partial charge in [0.05, 0.1) is 12.2 Å². The zero-order valence-corrected chi connectivity index (χ0v) is 16.2. The van der Waals surface area contributed by atoms with E-state index < -0.39 is 0 Å². The first kappa shape index (κ1) is 18.1. The summed E-state index contributed by atoms with van der Waals surface area (Å²) < 4.78 is 6.07. The number of piperidine rings is 3. The molecule has 1 amide bonds. The van der Waals surface area contributed by atoms with Crippen molar-refractivity contribution in [3.8, 4) is 0 Å². The van der Waals surface area contributed by atoms with Crippen LogP contribution in [0.2, 0.25) is 0 Å². The molecule has 0 saturated carbocycles. The van der Waals surface area contributed by atoms with Crippen molar-refractivity contribution >= 4 is 11.8 Å². The number of aryl methyl sites for hydroxylation is 2. The second-order valence-corrected chi connectivity index (χ2v) is 7.87. The summed E-state index contributed by atoms with van der Waals surface area (Å²) in [5.74, 6) is 0.510. The molecule has 2 bridgehead atoms. The summed E-state index contributed by atoms with van der Waals surface area (Å²) >= 11 is 0. The van der Waals surface area contributed by atoms with Crippen molar-refractivity contribution in [2.45, 2.75) is 39.3 Å². The van der Waals surface area contributed by atoms with Gasteiger partial charge in [0.15, 0.2) is 0 Å². The molecule has 0 aromatic heterocycles. The topological polar surface area (TPSA) is 32.8 Å². The second kappa shape index (κ2) is 7.73. The Morgan fingerprint density at radius 3 is 2.30 bits per heavy atom. The van der Waals surface area contributed by atoms with Crippen LogP contribution in [0.1, 0.15) is 29.5 Å². The molecule has 3 aliphatic heterocycles. The molecule has 3 saturated heterocycles. The first-order valence-electron chi connectivity index (χ1n) is 9.92. The molecule has 3 fully saturated rings. The highest BCUT2D eigenvalue weighted by Crippen LogP contribution is 2.32. The van der Waals surface area contributed by atoms with E-state index in [1.54, 1.807) is 0 Å². The molecule has 27 heavy (non-hydrogen) atoms. The van der Waals surface area contributed by atoms with Crippen LogP contribution in [0, 0.1) is 19.8 Å². The minimum atomic E-state index is -0.227. The van der Waals surface area contributed by atoms with Gasteiger partial charge in [0.25, 0.3) is 0 Å². The maximum absolute atomic E-state index is 13.3. The van der Waals surface area contributed by atoms with Crippen LogP contribution in [0.15, 0.2) is 48.5 Å². The Balaban J connectivity index is 1.60. The van der Waals surface area contributed by atoms with Crippen LogP contribution in [0.5, 0.6) is 0 Å². The predicted molar refractivity (Wildman–Crippen MR) is 108 cm³/mol. The molecule has 142 valence electrons. The summed E-state index contributed by atoms with van der Waals surface area (Å²) in [5.41, 5.74) is 4.26. The van der Waals surface area contributed by atoms with Crippen molar-refractivity contribution in [1.29, 1.82) is 0 Å². The number of nitrogens with zero attached hydrogens (tertiary/aromatic N) is 2. The molecule has 0 N–H and O–H groups in total. The molecule has 0 radical (unpaired) electrons. The Morgan fingerprint density at radius 1 is 1.04 bits per heavy atom. The highest BCUT2D eigenvalue weighted by atomic mass is 16.6. The molecule has 2 aromatic rings. The van der Waals surface area contributed by atoms with Crippen molar-refractivity contribution in [3.63, 3.8) is 0 Å². The van der Waals surface area contributed by atoms with Gasteiger partial charge < -0.3 is 4.74 Å². The summed E-state index contributed by atoms with van der Waals surface area (Å²) in [6.45, 7) is 7.80. The number of fused-ring (bicyclic) bond motifs is 3. The van der Waals surface area contributed by atoms with Crippen LogP contribution in [0.25, 0.3) is 0 Å². The van der Waals surface area contributed by atoms with Crippen molar-refractivity contribution in [2.24, 2.45) is 5.92 Å². The van der Waals surface area contributed by atoms with E-state index in [0.717, 1.165) is 54.9 Å². The molecule has 2 aromatic carbocycles. The van der Waals surface area contributed by atoms with Crippen molar-refractivity contribution in [2.75, 3.05) is 24.5 Å². The van der Waals surface area contributed by atoms with Crippen LogP contribution in [0.4, 0.5) is 10.5 Å². The first-order valence-corrected chi connectivity index (χ1v) is 9.92. The SMILES string of the molecule is Cc1cccc(C)c1N(Cc1ccccc1)C(=O)OC1CN2CCC1CC2. The molecule has 0 spiro atoms. The van der Waals surface area contributed by atoms with Crippen LogP contribution in [-0.2, 0) is 11.3 Å². The molecule has 5 rings (SSSR count). The number of para-hydroxylation sites is 1. The number of benzene rings is 2. The summed E-state index contributed by atoms with van der Waals surface area (Å²) in [7, 11) is 0. The van der Waals surface area contributed by atoms with Crippen LogP contribution in [-0.4, -0.2) is 36.7 Å². The fraction of sp³-hybridized carbons (Fsp3) is 0.435. The third-order valence-corrected chi connectivity index (χ3v) is 5.96. The highest BCUT2D eigenvalue weighted by molar-refractivity contribution is 5.89. The smallest absolute Gasteiger partial charge is 0.414 e. The lowest BCUT2D eigenvalue weighted by molar-refractivity contribution is -0.0311. The van der Waals surface area contributed by atoms with E-state index in [9.17, 15) is 4.79 Å². The maximum atomic E-state index is 13.3. The van der Waals surface area contributed by atoms with Gasteiger partial charge in [0.1, 0.15) is 6.10 Å². The van der Waals surface area contributed by atoms with E-state index in [-0.39, 0.29) is 12.2 Å². The average molecular weight is 364 g/mol. The minimum absolute atomic E-state index is 0.0163. The summed E-state index contributed by atoms with van der Waals surface area (Å²) in [6, 6.07) is 16.3. The van der Waals surface area contributed by atoms with E-state index in [1.165, 1.54) is 0 Å². The van der Waals surface area contributed by atoms with Gasteiger partial charge in [-0.2, -0.15) is 0 Å². The van der Waals surface area contributed by atoms with Gasteiger partial charge >= 0.3 is 6.09 Å². The van der Waals surface area contributed by atoms with Crippen molar-refractivity contribution in [1.82, 2.24) is 4.90 Å². The Labute approximate surface area is 161 Å². The lowest BCUT2D eigenvalue weighted by Crippen LogP contribution is -2.53. The van der Waals surface area contributed by atoms with Crippen LogP contribution < -0.4 is 4.90 Å². The van der Waals surface area contributed by atoms with Crippen molar-refractivity contribution in [3.05, 3.63) is 65.2 Å². The van der Waals surface area contributed by atoms with Crippen molar-refractivity contribution < 1.29 is 9.53 Å². The molecular formula is C23H28N2O2. The Kier molecular flexibility index (Phi) is 5.17. The zero-order chi connectivity index (χ0) is 18.8. The number of carbonyl (C=O) groups excluding carboxylic acids is 1. The quantitative estimate of drug-likeness (QED) is 0.798. The third-order valence-electron chi connectivity index (χ3n) is 5.96. The van der Waals surface area contributed by atoms with Gasteiger partial charge in [-0.25, -0.2) is 4.79 Å². The van der Waals surface area contributed by atoms with Gasteiger partial charge in [0, 0.05) is 6.54 Å². The molecular weight excluding hydrogens is 336 g/mol. The lowest BCUT2D eigenvalue weighted by Gasteiger charge is -2.44. The Morgan fingerprint density at radius 2 is 1.70 bits per heavy atom. The largest absolute Gasteiger partial charge is 0.444 e. The molecule has 3 heterocycles. The average Bonchev–Trinajstić information content (AvgIpc) is 2.69. The van der Waals surface area contributed by atoms with E-state index in [2.05, 4.69) is 43.0 Å². The third kappa shape index (κ3) is 3.86. The molecule has 3 aliphatic rings. The van der Waals surface area contributed by atoms with Gasteiger partial charge in [-0.1, -0.05) is 48.5 Å². The van der Waals surface area contributed by atoms with Gasteiger partial charge in [0.2, 0.25) is 0 Å². The molecule has 4 nitrogen and oxygen atoms in total. The standard InChI is InChI=1S/C23H28N2O2/c1-17-7-6-8-18(2)22(17)25(15-19-9-4-3-5-10-19)23(26)27-21-16-24-13-11-20(21)12-14-24/h3-10,20-21H,11-16H2,1-2H3. The Bertz CT molecular complexity index is 777. The summed E-state index contributed by atoms with van der Waals surface area (Å²) in [4.78, 5) is 17.5. The fourth-order valence-corrected chi connectivity index (χ4v) is 4.47. The molecule has 1 atom stereocenters. The zero-order valence-electron chi connectivity index (χ0n) is 16.2. The number of carbonyl (C=O) groups is 1. The molecule has 0 aliphatic carbocycles. The molecule has 1 unspecified atom stereocenters. The van der Waals surface area contributed by atoms with Gasteiger partial charge in [-0.15, -0.1) is 0 Å². The van der Waals surface area contributed by atoms with Crippen LogP contribution >= 0.6 is 0 Å². The second-order valence-electron chi connectivity index (χ2n) is 7.87. The van der Waals surface area contributed by atoms with Crippen LogP contribution in [0.3, 0.4) is 0 Å². The Hall–Kier alpha value is -2.33. The number of hydrogen-bond acceptors (Lipinski definition) is 3. The summed E-state index contributed by atoms with van der Waals surface area (Å²) in [5, 5.41) is 0. The number of ether oxygens (including phenoxy) is 1. The van der Waals surface area contributed by atoms with E-state index in [4.69, 9.17) is 4.74 Å².